The number of phenols is 1. The van der Waals surface area contributed by atoms with Crippen LogP contribution in [0.5, 0.6) is 11.5 Å². The number of methoxy groups -OCH3 is 1. The third-order valence-electron chi connectivity index (χ3n) is 10.4. The van der Waals surface area contributed by atoms with Gasteiger partial charge in [0.15, 0.2) is 0 Å². The molecule has 1 saturated carbocycles. The Balaban J connectivity index is 1.47. The number of benzene rings is 3. The van der Waals surface area contributed by atoms with Crippen LogP contribution >= 0.6 is 11.6 Å². The summed E-state index contributed by atoms with van der Waals surface area (Å²) in [5.41, 5.74) is 0.407. The molecule has 2 aliphatic carbocycles. The predicted molar refractivity (Wildman–Crippen MR) is 170 cm³/mol. The van der Waals surface area contributed by atoms with Crippen LogP contribution in [-0.4, -0.2) is 58.4 Å². The highest BCUT2D eigenvalue weighted by Gasteiger charge is 2.70. The minimum absolute atomic E-state index is 0.0861. The quantitative estimate of drug-likeness (QED) is 0.276. The number of halogens is 1. The molecule has 2 aliphatic heterocycles. The monoisotopic (exact) mass is 654 g/mol. The number of rotatable bonds is 7. The van der Waals surface area contributed by atoms with Crippen LogP contribution in [0.15, 0.2) is 84.4 Å². The number of aromatic hydroxyl groups is 1. The fourth-order valence-corrected chi connectivity index (χ4v) is 8.66. The molecule has 0 bridgehead atoms. The van der Waals surface area contributed by atoms with E-state index in [4.69, 9.17) is 16.3 Å². The van der Waals surface area contributed by atoms with E-state index in [0.717, 1.165) is 9.80 Å². The number of carbonyl (C=O) groups is 5. The van der Waals surface area contributed by atoms with E-state index in [1.54, 1.807) is 60.7 Å². The first-order valence-corrected chi connectivity index (χ1v) is 15.8. The molecule has 3 aromatic rings. The number of imide groups is 2. The van der Waals surface area contributed by atoms with Crippen molar-refractivity contribution in [1.82, 2.24) is 4.90 Å². The fraction of sp³-hybridized carbons (Fsp3) is 0.306. The fourth-order valence-electron chi connectivity index (χ4n) is 8.48. The Morgan fingerprint density at radius 3 is 2.40 bits per heavy atom. The number of allylic oxidation sites excluding steroid dienone is 2. The van der Waals surface area contributed by atoms with Crippen molar-refractivity contribution in [3.63, 3.8) is 0 Å². The lowest BCUT2D eigenvalue weighted by atomic mass is 9.49. The van der Waals surface area contributed by atoms with Crippen molar-refractivity contribution in [2.45, 2.75) is 30.6 Å². The van der Waals surface area contributed by atoms with Gasteiger partial charge in [-0.15, -0.1) is 0 Å². The van der Waals surface area contributed by atoms with E-state index in [9.17, 15) is 29.4 Å². The van der Waals surface area contributed by atoms with Gasteiger partial charge in [0.05, 0.1) is 42.4 Å². The second kappa shape index (κ2) is 11.4. The predicted octanol–water partition coefficient (Wildman–Crippen LogP) is 4.69. The molecule has 0 aromatic heterocycles. The number of hydrogen-bond donors (Lipinski definition) is 2. The van der Waals surface area contributed by atoms with Gasteiger partial charge in [-0.05, 0) is 48.6 Å². The van der Waals surface area contributed by atoms with Crippen LogP contribution in [0.4, 0.5) is 5.69 Å². The Hall–Kier alpha value is -4.96. The first-order chi connectivity index (χ1) is 22.6. The van der Waals surface area contributed by atoms with E-state index >= 15 is 4.79 Å². The number of likely N-dealkylation sites (tertiary alicyclic amines) is 1. The molecular formula is C36H31ClN2O8. The molecule has 3 aromatic carbocycles. The van der Waals surface area contributed by atoms with Gasteiger partial charge < -0.3 is 14.9 Å². The summed E-state index contributed by atoms with van der Waals surface area (Å²) in [5.74, 6) is -6.87. The van der Waals surface area contributed by atoms with Crippen molar-refractivity contribution >= 4 is 46.9 Å². The van der Waals surface area contributed by atoms with Gasteiger partial charge in [0, 0.05) is 29.1 Å². The number of hydrogen-bond acceptors (Lipinski definition) is 7. The van der Waals surface area contributed by atoms with Crippen molar-refractivity contribution in [1.29, 1.82) is 0 Å². The van der Waals surface area contributed by atoms with Gasteiger partial charge in [0.25, 0.3) is 0 Å². The molecule has 6 unspecified atom stereocenters. The summed E-state index contributed by atoms with van der Waals surface area (Å²) in [6.07, 6.45) is 1.77. The number of phenolic OH excluding ortho intramolecular Hbond substituents is 1. The summed E-state index contributed by atoms with van der Waals surface area (Å²) in [6.45, 7) is -0.248. The Bertz CT molecular complexity index is 1880. The normalized spacial score (nSPS) is 28.1. The second-order valence-electron chi connectivity index (χ2n) is 12.5. The summed E-state index contributed by atoms with van der Waals surface area (Å²) >= 11 is 6.33. The van der Waals surface area contributed by atoms with Crippen LogP contribution in [-0.2, 0) is 29.4 Å². The molecule has 4 aliphatic rings. The molecule has 7 rings (SSSR count). The topological polar surface area (TPSA) is 142 Å². The SMILES string of the molecule is COc1ccc(C2C3=CCC4C(=O)N(CCC(=O)O)C(=O)C4C3CC3C(=O)N(c4cccc(Cl)c4)C(=O)C32c2ccccc2)c(O)c1. The summed E-state index contributed by atoms with van der Waals surface area (Å²) in [6, 6.07) is 20.3. The minimum atomic E-state index is -1.53. The van der Waals surface area contributed by atoms with E-state index in [2.05, 4.69) is 0 Å². The zero-order valence-electron chi connectivity index (χ0n) is 25.3. The van der Waals surface area contributed by atoms with Crippen LogP contribution < -0.4 is 9.64 Å². The highest BCUT2D eigenvalue weighted by molar-refractivity contribution is 6.32. The standard InChI is InChI=1S/C36H31ClN2O8/c1-47-22-10-11-24(28(40)17-22)31-23-12-13-25-30(34(45)38(32(25)43)15-14-29(41)42)26(23)18-27-33(44)39(21-9-5-8-20(37)16-21)35(46)36(27,31)19-6-3-2-4-7-19/h2-12,16-17,25-27,30-31,40H,13-15,18H2,1H3,(H,41,42). The summed E-state index contributed by atoms with van der Waals surface area (Å²) < 4.78 is 5.35. The van der Waals surface area contributed by atoms with Gasteiger partial charge in [-0.25, -0.2) is 4.90 Å². The van der Waals surface area contributed by atoms with E-state index < -0.39 is 64.6 Å². The molecular weight excluding hydrogens is 624 g/mol. The number of anilines is 1. The first kappa shape index (κ1) is 30.7. The van der Waals surface area contributed by atoms with E-state index in [0.29, 0.717) is 33.2 Å². The van der Waals surface area contributed by atoms with Gasteiger partial charge in [-0.3, -0.25) is 28.9 Å². The molecule has 2 heterocycles. The highest BCUT2D eigenvalue weighted by Crippen LogP contribution is 2.65. The molecule has 3 fully saturated rings. The molecule has 10 nitrogen and oxygen atoms in total. The molecule has 2 saturated heterocycles. The van der Waals surface area contributed by atoms with E-state index in [1.165, 1.54) is 13.2 Å². The summed E-state index contributed by atoms with van der Waals surface area (Å²) in [7, 11) is 1.47. The van der Waals surface area contributed by atoms with Crippen molar-refractivity contribution in [3.8, 4) is 11.5 Å². The number of fused-ring (bicyclic) bond motifs is 4. The lowest BCUT2D eigenvalue weighted by molar-refractivity contribution is -0.142. The number of carboxylic acid groups (broad SMARTS) is 1. The van der Waals surface area contributed by atoms with Crippen molar-refractivity contribution < 1.29 is 38.9 Å². The number of aliphatic carboxylic acids is 1. The largest absolute Gasteiger partial charge is 0.508 e. The summed E-state index contributed by atoms with van der Waals surface area (Å²) in [4.78, 5) is 70.9. The molecule has 0 radical (unpaired) electrons. The molecule has 4 amide bonds. The zero-order valence-corrected chi connectivity index (χ0v) is 26.1. The molecule has 240 valence electrons. The Morgan fingerprint density at radius 1 is 0.957 bits per heavy atom. The van der Waals surface area contributed by atoms with E-state index in [1.807, 2.05) is 12.1 Å². The number of ether oxygens (including phenoxy) is 1. The lowest BCUT2D eigenvalue weighted by Gasteiger charge is -2.50. The maximum Gasteiger partial charge on any atom is 0.305 e. The molecule has 0 spiro atoms. The van der Waals surface area contributed by atoms with Crippen LogP contribution in [0, 0.1) is 23.7 Å². The van der Waals surface area contributed by atoms with Gasteiger partial charge in [0.2, 0.25) is 23.6 Å². The smallest absolute Gasteiger partial charge is 0.305 e. The zero-order chi connectivity index (χ0) is 33.2. The molecule has 2 N–H and O–H groups in total. The van der Waals surface area contributed by atoms with Crippen molar-refractivity contribution in [2.24, 2.45) is 23.7 Å². The van der Waals surface area contributed by atoms with E-state index in [-0.39, 0.29) is 31.6 Å². The average molecular weight is 655 g/mol. The number of nitrogens with zero attached hydrogens (tertiary/aromatic N) is 2. The number of amides is 4. The highest BCUT2D eigenvalue weighted by atomic mass is 35.5. The third kappa shape index (κ3) is 4.49. The van der Waals surface area contributed by atoms with Gasteiger partial charge >= 0.3 is 5.97 Å². The maximum atomic E-state index is 15.2. The van der Waals surface area contributed by atoms with Crippen LogP contribution in [0.1, 0.15) is 36.3 Å². The van der Waals surface area contributed by atoms with Crippen molar-refractivity contribution in [2.75, 3.05) is 18.6 Å². The lowest BCUT2D eigenvalue weighted by Crippen LogP contribution is -2.53. The first-order valence-electron chi connectivity index (χ1n) is 15.4. The third-order valence-corrected chi connectivity index (χ3v) is 10.6. The Kier molecular flexibility index (Phi) is 7.43. The van der Waals surface area contributed by atoms with Crippen molar-refractivity contribution in [3.05, 3.63) is 101 Å². The van der Waals surface area contributed by atoms with Crippen LogP contribution in [0.3, 0.4) is 0 Å². The Morgan fingerprint density at radius 2 is 1.72 bits per heavy atom. The number of carboxylic acids is 1. The van der Waals surface area contributed by atoms with Gasteiger partial charge in [-0.1, -0.05) is 65.7 Å². The minimum Gasteiger partial charge on any atom is -0.508 e. The number of carbonyl (C=O) groups excluding carboxylic acids is 4. The molecule has 47 heavy (non-hydrogen) atoms. The average Bonchev–Trinajstić information content (AvgIpc) is 3.44. The van der Waals surface area contributed by atoms with Crippen LogP contribution in [0.2, 0.25) is 5.02 Å². The van der Waals surface area contributed by atoms with Gasteiger partial charge in [-0.2, -0.15) is 0 Å². The van der Waals surface area contributed by atoms with Gasteiger partial charge in [0.1, 0.15) is 11.5 Å². The van der Waals surface area contributed by atoms with Crippen LogP contribution in [0.25, 0.3) is 0 Å². The Labute approximate surface area is 275 Å². The maximum absolute atomic E-state index is 15.2. The summed E-state index contributed by atoms with van der Waals surface area (Å²) in [5, 5.41) is 21.2. The molecule has 6 atom stereocenters. The molecule has 11 heteroatoms. The second-order valence-corrected chi connectivity index (χ2v) is 12.9.